The van der Waals surface area contributed by atoms with E-state index in [0.29, 0.717) is 44.1 Å². The predicted octanol–water partition coefficient (Wildman–Crippen LogP) is 3.06. The Bertz CT molecular complexity index is 855. The Balaban J connectivity index is 1.35. The third kappa shape index (κ3) is 6.39. The molecule has 2 N–H and O–H groups in total. The highest BCUT2D eigenvalue weighted by Gasteiger charge is 2.16. The van der Waals surface area contributed by atoms with Crippen LogP contribution in [0.3, 0.4) is 0 Å². The summed E-state index contributed by atoms with van der Waals surface area (Å²) in [6, 6.07) is 13.5. The number of aryl methyl sites for hydroxylation is 1. The van der Waals surface area contributed by atoms with Crippen molar-refractivity contribution in [3.63, 3.8) is 0 Å². The first kappa shape index (κ1) is 21.0. The number of nitrogens with zero attached hydrogens (tertiary/aromatic N) is 1. The van der Waals surface area contributed by atoms with Crippen LogP contribution in [0.2, 0.25) is 5.02 Å². The number of benzene rings is 2. The Morgan fingerprint density at radius 2 is 2.03 bits per heavy atom. The quantitative estimate of drug-likeness (QED) is 0.650. The van der Waals surface area contributed by atoms with E-state index in [2.05, 4.69) is 10.6 Å². The lowest BCUT2D eigenvalue weighted by atomic mass is 10.1. The topological polar surface area (TPSA) is 70.7 Å². The summed E-state index contributed by atoms with van der Waals surface area (Å²) in [5, 5.41) is 6.46. The van der Waals surface area contributed by atoms with Crippen LogP contribution in [0.4, 0.5) is 5.69 Å². The molecular formula is C22H26ClN3O3. The lowest BCUT2D eigenvalue weighted by Gasteiger charge is -2.28. The summed E-state index contributed by atoms with van der Waals surface area (Å²) >= 11 is 6.00. The van der Waals surface area contributed by atoms with Gasteiger partial charge in [0.1, 0.15) is 5.75 Å². The molecule has 6 nitrogen and oxygen atoms in total. The van der Waals surface area contributed by atoms with E-state index in [0.717, 1.165) is 29.1 Å². The monoisotopic (exact) mass is 415 g/mol. The first-order valence-electron chi connectivity index (χ1n) is 9.77. The molecule has 1 heterocycles. The predicted molar refractivity (Wildman–Crippen MR) is 114 cm³/mol. The highest BCUT2D eigenvalue weighted by molar-refractivity contribution is 6.31. The average Bonchev–Trinajstić information content (AvgIpc) is 2.72. The van der Waals surface area contributed by atoms with Gasteiger partial charge in [-0.15, -0.1) is 0 Å². The number of hydrogen-bond acceptors (Lipinski definition) is 4. The summed E-state index contributed by atoms with van der Waals surface area (Å²) in [5.74, 6) is 0.805. The van der Waals surface area contributed by atoms with Crippen LogP contribution in [0, 0.1) is 6.92 Å². The summed E-state index contributed by atoms with van der Waals surface area (Å²) in [7, 11) is 0. The summed E-state index contributed by atoms with van der Waals surface area (Å²) in [6.07, 6.45) is 1.05. The van der Waals surface area contributed by atoms with Gasteiger partial charge < -0.3 is 20.3 Å². The molecular weight excluding hydrogens is 390 g/mol. The fraction of sp³-hybridized carbons (Fsp3) is 0.364. The Morgan fingerprint density at radius 3 is 2.76 bits per heavy atom. The van der Waals surface area contributed by atoms with Gasteiger partial charge in [-0.3, -0.25) is 9.59 Å². The molecule has 1 fully saturated rings. The second kappa shape index (κ2) is 10.2. The van der Waals surface area contributed by atoms with E-state index in [1.165, 1.54) is 0 Å². The normalized spacial score (nSPS) is 13.7. The van der Waals surface area contributed by atoms with Gasteiger partial charge in [0, 0.05) is 36.8 Å². The Hall–Kier alpha value is -2.73. The van der Waals surface area contributed by atoms with E-state index in [1.54, 1.807) is 0 Å². The number of nitrogens with one attached hydrogen (secondary N) is 2. The smallest absolute Gasteiger partial charge is 0.239 e. The second-order valence-electron chi connectivity index (χ2n) is 7.08. The summed E-state index contributed by atoms with van der Waals surface area (Å²) in [4.78, 5) is 25.6. The van der Waals surface area contributed by atoms with Crippen molar-refractivity contribution in [1.29, 1.82) is 0 Å². The van der Waals surface area contributed by atoms with Crippen LogP contribution in [0.1, 0.15) is 24.0 Å². The minimum Gasteiger partial charge on any atom is -0.494 e. The standard InChI is InChI=1S/C22H26ClN3O3/c1-16-13-19(8-9-20(16)23)29-12-2-3-21(27)25-14-17-4-6-18(7-5-17)26-11-10-24-22(28)15-26/h4-9,13H,2-3,10-12,14-15H2,1H3,(H,24,28)(H,25,27). The van der Waals surface area contributed by atoms with Gasteiger partial charge in [0.05, 0.1) is 13.2 Å². The van der Waals surface area contributed by atoms with Crippen LogP contribution >= 0.6 is 11.6 Å². The third-order valence-corrected chi connectivity index (χ3v) is 5.20. The largest absolute Gasteiger partial charge is 0.494 e. The number of amides is 2. The van der Waals surface area contributed by atoms with Crippen molar-refractivity contribution in [3.05, 3.63) is 58.6 Å². The van der Waals surface area contributed by atoms with Crippen molar-refractivity contribution < 1.29 is 14.3 Å². The molecule has 2 aromatic rings. The maximum absolute atomic E-state index is 12.0. The third-order valence-electron chi connectivity index (χ3n) is 4.78. The zero-order valence-corrected chi connectivity index (χ0v) is 17.3. The van der Waals surface area contributed by atoms with E-state index < -0.39 is 0 Å². The van der Waals surface area contributed by atoms with Crippen molar-refractivity contribution in [3.8, 4) is 5.75 Å². The van der Waals surface area contributed by atoms with Gasteiger partial charge >= 0.3 is 0 Å². The first-order valence-corrected chi connectivity index (χ1v) is 10.2. The number of carbonyl (C=O) groups excluding carboxylic acids is 2. The molecule has 0 unspecified atom stereocenters. The number of ether oxygens (including phenoxy) is 1. The Morgan fingerprint density at radius 1 is 1.24 bits per heavy atom. The fourth-order valence-corrected chi connectivity index (χ4v) is 3.22. The fourth-order valence-electron chi connectivity index (χ4n) is 3.10. The molecule has 0 aliphatic carbocycles. The van der Waals surface area contributed by atoms with Crippen molar-refractivity contribution >= 4 is 29.1 Å². The zero-order chi connectivity index (χ0) is 20.6. The van der Waals surface area contributed by atoms with Crippen molar-refractivity contribution in [1.82, 2.24) is 10.6 Å². The van der Waals surface area contributed by atoms with E-state index in [1.807, 2.05) is 54.3 Å². The highest BCUT2D eigenvalue weighted by Crippen LogP contribution is 2.21. The average molecular weight is 416 g/mol. The zero-order valence-electron chi connectivity index (χ0n) is 16.5. The Kier molecular flexibility index (Phi) is 7.36. The lowest BCUT2D eigenvalue weighted by Crippen LogP contribution is -2.47. The van der Waals surface area contributed by atoms with E-state index in [9.17, 15) is 9.59 Å². The van der Waals surface area contributed by atoms with Gasteiger partial charge in [-0.1, -0.05) is 23.7 Å². The number of anilines is 1. The maximum Gasteiger partial charge on any atom is 0.239 e. The molecule has 0 atom stereocenters. The first-order chi connectivity index (χ1) is 14.0. The summed E-state index contributed by atoms with van der Waals surface area (Å²) in [5.41, 5.74) is 3.01. The highest BCUT2D eigenvalue weighted by atomic mass is 35.5. The number of rotatable bonds is 8. The molecule has 0 bridgehead atoms. The second-order valence-corrected chi connectivity index (χ2v) is 7.48. The molecule has 1 saturated heterocycles. The molecule has 3 rings (SSSR count). The minimum absolute atomic E-state index is 0.00216. The molecule has 2 aromatic carbocycles. The molecule has 29 heavy (non-hydrogen) atoms. The molecule has 1 aliphatic heterocycles. The molecule has 0 spiro atoms. The van der Waals surface area contributed by atoms with Crippen LogP contribution in [0.15, 0.2) is 42.5 Å². The van der Waals surface area contributed by atoms with E-state index in [-0.39, 0.29) is 11.8 Å². The van der Waals surface area contributed by atoms with Crippen LogP contribution in [-0.4, -0.2) is 38.1 Å². The molecule has 0 radical (unpaired) electrons. The van der Waals surface area contributed by atoms with Crippen LogP contribution in [0.5, 0.6) is 5.75 Å². The van der Waals surface area contributed by atoms with Crippen molar-refractivity contribution in [2.45, 2.75) is 26.3 Å². The van der Waals surface area contributed by atoms with Crippen LogP contribution in [0.25, 0.3) is 0 Å². The van der Waals surface area contributed by atoms with E-state index in [4.69, 9.17) is 16.3 Å². The van der Waals surface area contributed by atoms with Gasteiger partial charge in [0.2, 0.25) is 11.8 Å². The van der Waals surface area contributed by atoms with Crippen LogP contribution in [-0.2, 0) is 16.1 Å². The van der Waals surface area contributed by atoms with E-state index >= 15 is 0 Å². The summed E-state index contributed by atoms with van der Waals surface area (Å²) in [6.45, 7) is 4.74. The molecule has 7 heteroatoms. The molecule has 154 valence electrons. The Labute approximate surface area is 176 Å². The summed E-state index contributed by atoms with van der Waals surface area (Å²) < 4.78 is 5.66. The number of halogens is 1. The van der Waals surface area contributed by atoms with Crippen LogP contribution < -0.4 is 20.3 Å². The van der Waals surface area contributed by atoms with Crippen molar-refractivity contribution in [2.75, 3.05) is 31.1 Å². The molecule has 1 aliphatic rings. The lowest BCUT2D eigenvalue weighted by molar-refractivity contribution is -0.121. The molecule has 0 aromatic heterocycles. The van der Waals surface area contributed by atoms with Gasteiger partial charge in [-0.2, -0.15) is 0 Å². The number of hydrogen-bond donors (Lipinski definition) is 2. The van der Waals surface area contributed by atoms with Gasteiger partial charge in [0.15, 0.2) is 0 Å². The number of carbonyl (C=O) groups is 2. The minimum atomic E-state index is -0.00216. The SMILES string of the molecule is Cc1cc(OCCCC(=O)NCc2ccc(N3CCNC(=O)C3)cc2)ccc1Cl. The molecule has 2 amide bonds. The van der Waals surface area contributed by atoms with Gasteiger partial charge in [0.25, 0.3) is 0 Å². The van der Waals surface area contributed by atoms with Gasteiger partial charge in [-0.05, 0) is 54.8 Å². The van der Waals surface area contributed by atoms with Gasteiger partial charge in [-0.25, -0.2) is 0 Å². The number of piperazine rings is 1. The molecule has 0 saturated carbocycles. The maximum atomic E-state index is 12.0. The van der Waals surface area contributed by atoms with Crippen molar-refractivity contribution in [2.24, 2.45) is 0 Å².